The van der Waals surface area contributed by atoms with E-state index in [0.29, 0.717) is 5.56 Å². The highest BCUT2D eigenvalue weighted by atomic mass is 16.3. The zero-order valence-electron chi connectivity index (χ0n) is 8.83. The number of aromatic nitrogens is 1. The molecule has 1 aliphatic rings. The molecule has 0 spiro atoms. The molecule has 16 heavy (non-hydrogen) atoms. The van der Waals surface area contributed by atoms with Crippen LogP contribution in [0.5, 0.6) is 0 Å². The fraction of sp³-hybridized carbons (Fsp3) is 0.308. The van der Waals surface area contributed by atoms with Crippen LogP contribution in [-0.2, 0) is 5.41 Å². The molecule has 1 aliphatic carbocycles. The predicted molar refractivity (Wildman–Crippen MR) is 61.0 cm³/mol. The molecule has 1 heterocycles. The van der Waals surface area contributed by atoms with Crippen LogP contribution in [0, 0.1) is 11.3 Å². The smallest absolute Gasteiger partial charge is 0.0991 e. The van der Waals surface area contributed by atoms with E-state index in [0.717, 1.165) is 29.3 Å². The van der Waals surface area contributed by atoms with Gasteiger partial charge in [0.2, 0.25) is 0 Å². The van der Waals surface area contributed by atoms with Crippen molar-refractivity contribution >= 4 is 10.9 Å². The van der Waals surface area contributed by atoms with Gasteiger partial charge in [0.05, 0.1) is 18.2 Å². The predicted octanol–water partition coefficient (Wildman–Crippen LogP) is 2.06. The Balaban J connectivity index is 2.23. The number of nitriles is 1. The van der Waals surface area contributed by atoms with Gasteiger partial charge in [0.25, 0.3) is 0 Å². The van der Waals surface area contributed by atoms with E-state index in [1.165, 1.54) is 0 Å². The van der Waals surface area contributed by atoms with Crippen molar-refractivity contribution < 1.29 is 5.11 Å². The lowest BCUT2D eigenvalue weighted by Gasteiger charge is -2.09. The van der Waals surface area contributed by atoms with Gasteiger partial charge in [-0.2, -0.15) is 5.26 Å². The van der Waals surface area contributed by atoms with E-state index in [-0.39, 0.29) is 12.0 Å². The van der Waals surface area contributed by atoms with Gasteiger partial charge in [0.1, 0.15) is 0 Å². The molecule has 1 aromatic carbocycles. The van der Waals surface area contributed by atoms with Gasteiger partial charge in [-0.1, -0.05) is 0 Å². The summed E-state index contributed by atoms with van der Waals surface area (Å²) in [6.07, 6.45) is 4.04. The number of hydrogen-bond donors (Lipinski definition) is 2. The minimum Gasteiger partial charge on any atom is -0.395 e. The number of H-pyrrole nitrogens is 1. The van der Waals surface area contributed by atoms with Crippen molar-refractivity contribution in [2.75, 3.05) is 6.61 Å². The molecular formula is C13H12N2O. The monoisotopic (exact) mass is 212 g/mol. The minimum absolute atomic E-state index is 0.0493. The molecule has 0 aliphatic heterocycles. The largest absolute Gasteiger partial charge is 0.395 e. The third-order valence-electron chi connectivity index (χ3n) is 3.54. The quantitative estimate of drug-likeness (QED) is 0.800. The van der Waals surface area contributed by atoms with E-state index < -0.39 is 0 Å². The molecular weight excluding hydrogens is 200 g/mol. The van der Waals surface area contributed by atoms with Crippen LogP contribution in [0.25, 0.3) is 10.9 Å². The summed E-state index contributed by atoms with van der Waals surface area (Å²) in [5.41, 5.74) is 2.81. The van der Waals surface area contributed by atoms with Crippen LogP contribution < -0.4 is 0 Å². The maximum atomic E-state index is 9.44. The highest BCUT2D eigenvalue weighted by Gasteiger charge is 2.45. The van der Waals surface area contributed by atoms with Gasteiger partial charge in [0, 0.05) is 22.5 Å². The second-order valence-corrected chi connectivity index (χ2v) is 4.51. The third-order valence-corrected chi connectivity index (χ3v) is 3.54. The van der Waals surface area contributed by atoms with Crippen molar-refractivity contribution in [3.8, 4) is 6.07 Å². The Hall–Kier alpha value is -1.79. The number of aliphatic hydroxyl groups excluding tert-OH is 1. The minimum atomic E-state index is -0.0493. The van der Waals surface area contributed by atoms with Crippen LogP contribution in [-0.4, -0.2) is 16.7 Å². The standard InChI is InChI=1S/C13H12N2O/c14-6-9-1-2-12-10(5-9)11(7-15-12)13(8-16)3-4-13/h1-2,5,7,15-16H,3-4,8H2. The molecule has 3 rings (SSSR count). The van der Waals surface area contributed by atoms with E-state index in [9.17, 15) is 5.11 Å². The zero-order chi connectivity index (χ0) is 11.2. The highest BCUT2D eigenvalue weighted by molar-refractivity contribution is 5.86. The summed E-state index contributed by atoms with van der Waals surface area (Å²) < 4.78 is 0. The molecule has 3 heteroatoms. The Morgan fingerprint density at radius 3 is 2.88 bits per heavy atom. The van der Waals surface area contributed by atoms with Crippen molar-refractivity contribution in [2.24, 2.45) is 0 Å². The summed E-state index contributed by atoms with van der Waals surface area (Å²) in [6.45, 7) is 0.191. The van der Waals surface area contributed by atoms with E-state index in [1.807, 2.05) is 18.3 Å². The van der Waals surface area contributed by atoms with E-state index in [1.54, 1.807) is 6.07 Å². The van der Waals surface area contributed by atoms with Gasteiger partial charge < -0.3 is 10.1 Å². The van der Waals surface area contributed by atoms with Gasteiger partial charge in [-0.3, -0.25) is 0 Å². The molecule has 0 bridgehead atoms. The van der Waals surface area contributed by atoms with Crippen LogP contribution in [0.1, 0.15) is 24.0 Å². The van der Waals surface area contributed by atoms with Crippen LogP contribution in [0.3, 0.4) is 0 Å². The molecule has 80 valence electrons. The lowest BCUT2D eigenvalue weighted by atomic mass is 9.96. The van der Waals surface area contributed by atoms with Gasteiger partial charge in [0.15, 0.2) is 0 Å². The molecule has 0 radical (unpaired) electrons. The summed E-state index contributed by atoms with van der Waals surface area (Å²) in [4.78, 5) is 3.20. The summed E-state index contributed by atoms with van der Waals surface area (Å²) in [5, 5.41) is 19.4. The molecule has 2 aromatic rings. The van der Waals surface area contributed by atoms with E-state index >= 15 is 0 Å². The Kier molecular flexibility index (Phi) is 1.83. The van der Waals surface area contributed by atoms with Crippen LogP contribution in [0.4, 0.5) is 0 Å². The molecule has 0 unspecified atom stereocenters. The van der Waals surface area contributed by atoms with Crippen LogP contribution in [0.15, 0.2) is 24.4 Å². The summed E-state index contributed by atoms with van der Waals surface area (Å²) >= 11 is 0. The number of nitrogens with one attached hydrogen (secondary N) is 1. The number of fused-ring (bicyclic) bond motifs is 1. The zero-order valence-corrected chi connectivity index (χ0v) is 8.83. The number of aromatic amines is 1. The first-order chi connectivity index (χ1) is 7.79. The molecule has 1 aromatic heterocycles. The lowest BCUT2D eigenvalue weighted by Crippen LogP contribution is -2.10. The topological polar surface area (TPSA) is 59.8 Å². The van der Waals surface area contributed by atoms with Gasteiger partial charge in [-0.25, -0.2) is 0 Å². The normalized spacial score (nSPS) is 17.2. The Morgan fingerprint density at radius 1 is 1.44 bits per heavy atom. The van der Waals surface area contributed by atoms with Crippen molar-refractivity contribution in [3.05, 3.63) is 35.5 Å². The lowest BCUT2D eigenvalue weighted by molar-refractivity contribution is 0.256. The molecule has 0 amide bonds. The third kappa shape index (κ3) is 1.17. The van der Waals surface area contributed by atoms with Gasteiger partial charge >= 0.3 is 0 Å². The SMILES string of the molecule is N#Cc1ccc2[nH]cc(C3(CO)CC3)c2c1. The maximum absolute atomic E-state index is 9.44. The number of rotatable bonds is 2. The van der Waals surface area contributed by atoms with Crippen molar-refractivity contribution in [2.45, 2.75) is 18.3 Å². The second kappa shape index (κ2) is 3.10. The van der Waals surface area contributed by atoms with Gasteiger partial charge in [-0.05, 0) is 36.6 Å². The van der Waals surface area contributed by atoms with Crippen LogP contribution >= 0.6 is 0 Å². The number of nitrogens with zero attached hydrogens (tertiary/aromatic N) is 1. The second-order valence-electron chi connectivity index (χ2n) is 4.51. The molecule has 0 atom stereocenters. The average Bonchev–Trinajstić information content (AvgIpc) is 3.02. The molecule has 0 saturated heterocycles. The van der Waals surface area contributed by atoms with Crippen molar-refractivity contribution in [1.29, 1.82) is 5.26 Å². The first-order valence-electron chi connectivity index (χ1n) is 5.42. The number of benzene rings is 1. The first kappa shape index (κ1) is 9.44. The Labute approximate surface area is 93.3 Å². The summed E-state index contributed by atoms with van der Waals surface area (Å²) in [6, 6.07) is 7.78. The molecule has 2 N–H and O–H groups in total. The van der Waals surface area contributed by atoms with Crippen molar-refractivity contribution in [1.82, 2.24) is 4.98 Å². The van der Waals surface area contributed by atoms with E-state index in [2.05, 4.69) is 11.1 Å². The summed E-state index contributed by atoms with van der Waals surface area (Å²) in [7, 11) is 0. The fourth-order valence-electron chi connectivity index (χ4n) is 2.29. The van der Waals surface area contributed by atoms with Crippen molar-refractivity contribution in [3.63, 3.8) is 0 Å². The molecule has 3 nitrogen and oxygen atoms in total. The molecule has 1 fully saturated rings. The Morgan fingerprint density at radius 2 is 2.25 bits per heavy atom. The van der Waals surface area contributed by atoms with E-state index in [4.69, 9.17) is 5.26 Å². The van der Waals surface area contributed by atoms with Gasteiger partial charge in [-0.15, -0.1) is 0 Å². The highest BCUT2D eigenvalue weighted by Crippen LogP contribution is 2.49. The maximum Gasteiger partial charge on any atom is 0.0991 e. The first-order valence-corrected chi connectivity index (χ1v) is 5.42. The fourth-order valence-corrected chi connectivity index (χ4v) is 2.29. The summed E-state index contributed by atoms with van der Waals surface area (Å²) in [5.74, 6) is 0. The number of aliphatic hydroxyl groups is 1. The average molecular weight is 212 g/mol. The molecule has 1 saturated carbocycles. The Bertz CT molecular complexity index is 587. The number of hydrogen-bond acceptors (Lipinski definition) is 2. The van der Waals surface area contributed by atoms with Crippen LogP contribution in [0.2, 0.25) is 0 Å².